The highest BCUT2D eigenvalue weighted by molar-refractivity contribution is 6.05. The van der Waals surface area contributed by atoms with E-state index in [2.05, 4.69) is 4.90 Å². The van der Waals surface area contributed by atoms with Crippen LogP contribution in [-0.2, 0) is 14.3 Å². The van der Waals surface area contributed by atoms with Crippen molar-refractivity contribution in [3.8, 4) is 17.2 Å². The van der Waals surface area contributed by atoms with Gasteiger partial charge < -0.3 is 18.9 Å². The van der Waals surface area contributed by atoms with E-state index in [-0.39, 0.29) is 30.4 Å². The van der Waals surface area contributed by atoms with Crippen LogP contribution in [0.15, 0.2) is 47.6 Å². The maximum atomic E-state index is 13.7. The van der Waals surface area contributed by atoms with Gasteiger partial charge in [0, 0.05) is 17.5 Å². The summed E-state index contributed by atoms with van der Waals surface area (Å²) in [6.45, 7) is 3.71. The first-order valence-electron chi connectivity index (χ1n) is 12.6. The number of esters is 1. The monoisotopic (exact) mass is 509 g/mol. The number of ether oxygens (including phenoxy) is 4. The minimum absolute atomic E-state index is 0.109. The van der Waals surface area contributed by atoms with Crippen molar-refractivity contribution in [1.82, 2.24) is 9.91 Å². The normalized spacial score (nSPS) is 18.3. The number of carbonyl (C=O) groups excluding carboxylic acids is 2. The zero-order chi connectivity index (χ0) is 26.4. The second-order valence-electron chi connectivity index (χ2n) is 9.12. The molecule has 0 N–H and O–H groups in total. The van der Waals surface area contributed by atoms with Gasteiger partial charge in [-0.3, -0.25) is 14.5 Å². The summed E-state index contributed by atoms with van der Waals surface area (Å²) in [6, 6.07) is 12.9. The molecule has 1 amide bonds. The van der Waals surface area contributed by atoms with Gasteiger partial charge in [0.2, 0.25) is 0 Å². The van der Waals surface area contributed by atoms with Crippen LogP contribution in [0.3, 0.4) is 0 Å². The van der Waals surface area contributed by atoms with Crippen LogP contribution in [0.5, 0.6) is 17.2 Å². The molecule has 2 aromatic rings. The van der Waals surface area contributed by atoms with Crippen LogP contribution in [0.4, 0.5) is 0 Å². The van der Waals surface area contributed by atoms with Crippen molar-refractivity contribution in [3.63, 3.8) is 0 Å². The number of rotatable bonds is 9. The number of nitrogens with zero attached hydrogens (tertiary/aromatic N) is 3. The Morgan fingerprint density at radius 1 is 0.973 bits per heavy atom. The summed E-state index contributed by atoms with van der Waals surface area (Å²) >= 11 is 0. The number of carbonyl (C=O) groups is 2. The Balaban J connectivity index is 1.59. The lowest BCUT2D eigenvalue weighted by Gasteiger charge is -2.32. The van der Waals surface area contributed by atoms with Crippen molar-refractivity contribution in [1.29, 1.82) is 0 Å². The van der Waals surface area contributed by atoms with Crippen molar-refractivity contribution >= 4 is 17.6 Å². The highest BCUT2D eigenvalue weighted by atomic mass is 16.5. The minimum atomic E-state index is -0.366. The van der Waals surface area contributed by atoms with Gasteiger partial charge in [-0.15, -0.1) is 0 Å². The number of hydrazone groups is 1. The lowest BCUT2D eigenvalue weighted by Crippen LogP contribution is -2.43. The second kappa shape index (κ2) is 12.1. The molecule has 37 heavy (non-hydrogen) atoms. The lowest BCUT2D eigenvalue weighted by molar-refractivity contribution is -0.149. The number of hydrogen-bond acceptors (Lipinski definition) is 8. The molecule has 2 heterocycles. The molecule has 2 aliphatic heterocycles. The van der Waals surface area contributed by atoms with Crippen molar-refractivity contribution in [2.24, 2.45) is 11.0 Å². The molecular formula is C28H35N3O6. The molecule has 198 valence electrons. The third kappa shape index (κ3) is 5.88. The molecule has 0 spiro atoms. The van der Waals surface area contributed by atoms with E-state index < -0.39 is 0 Å². The zero-order valence-corrected chi connectivity index (χ0v) is 21.9. The molecule has 2 aromatic carbocycles. The maximum Gasteiger partial charge on any atom is 0.309 e. The van der Waals surface area contributed by atoms with Crippen LogP contribution >= 0.6 is 0 Å². The zero-order valence-electron chi connectivity index (χ0n) is 21.9. The van der Waals surface area contributed by atoms with Crippen molar-refractivity contribution < 1.29 is 28.5 Å². The topological polar surface area (TPSA) is 89.9 Å². The van der Waals surface area contributed by atoms with Crippen LogP contribution < -0.4 is 14.2 Å². The first kappa shape index (κ1) is 26.5. The van der Waals surface area contributed by atoms with Gasteiger partial charge in [0.25, 0.3) is 5.91 Å². The Kier molecular flexibility index (Phi) is 8.66. The Bertz CT molecular complexity index is 1140. The highest BCUT2D eigenvalue weighted by Crippen LogP contribution is 2.40. The smallest absolute Gasteiger partial charge is 0.309 e. The van der Waals surface area contributed by atoms with Gasteiger partial charge in [0.05, 0.1) is 52.2 Å². The fraction of sp³-hybridized carbons (Fsp3) is 0.464. The minimum Gasteiger partial charge on any atom is -0.497 e. The SMILES string of the molecule is CCOC(=O)C1CCN(CC(=O)N2N=C(c3ccccc3OC)C[C@H]2c2cc(OC)ccc2OC)CC1. The van der Waals surface area contributed by atoms with Gasteiger partial charge in [-0.05, 0) is 63.2 Å². The number of amides is 1. The van der Waals surface area contributed by atoms with Gasteiger partial charge in [-0.2, -0.15) is 5.10 Å². The third-order valence-electron chi connectivity index (χ3n) is 6.95. The molecule has 0 radical (unpaired) electrons. The van der Waals surface area contributed by atoms with Crippen molar-refractivity contribution in [2.45, 2.75) is 32.2 Å². The van der Waals surface area contributed by atoms with E-state index in [1.54, 1.807) is 26.3 Å². The Morgan fingerprint density at radius 3 is 2.38 bits per heavy atom. The summed E-state index contributed by atoms with van der Waals surface area (Å²) in [5.41, 5.74) is 2.44. The number of methoxy groups -OCH3 is 3. The van der Waals surface area contributed by atoms with Crippen LogP contribution in [0.1, 0.15) is 43.4 Å². The molecule has 9 heteroatoms. The summed E-state index contributed by atoms with van der Waals surface area (Å²) in [5.74, 6) is 1.67. The summed E-state index contributed by atoms with van der Waals surface area (Å²) in [6.07, 6.45) is 1.85. The van der Waals surface area contributed by atoms with Crippen molar-refractivity contribution in [2.75, 3.05) is 47.6 Å². The van der Waals surface area contributed by atoms with E-state index in [9.17, 15) is 9.59 Å². The number of piperidine rings is 1. The lowest BCUT2D eigenvalue weighted by atomic mass is 9.96. The van der Waals surface area contributed by atoms with E-state index in [4.69, 9.17) is 24.0 Å². The van der Waals surface area contributed by atoms with E-state index >= 15 is 0 Å². The van der Waals surface area contributed by atoms with E-state index in [0.29, 0.717) is 56.2 Å². The molecule has 9 nitrogen and oxygen atoms in total. The van der Waals surface area contributed by atoms with Gasteiger partial charge in [0.15, 0.2) is 0 Å². The van der Waals surface area contributed by atoms with Crippen molar-refractivity contribution in [3.05, 3.63) is 53.6 Å². The number of benzene rings is 2. The Morgan fingerprint density at radius 2 is 1.70 bits per heavy atom. The van der Waals surface area contributed by atoms with E-state index in [1.165, 1.54) is 0 Å². The molecule has 1 atom stereocenters. The molecule has 1 fully saturated rings. The fourth-order valence-electron chi connectivity index (χ4n) is 4.98. The third-order valence-corrected chi connectivity index (χ3v) is 6.95. The van der Waals surface area contributed by atoms with E-state index in [1.807, 2.05) is 49.4 Å². The summed E-state index contributed by atoms with van der Waals surface area (Å²) < 4.78 is 21.9. The quantitative estimate of drug-likeness (QED) is 0.477. The Hall–Kier alpha value is -3.59. The summed E-state index contributed by atoms with van der Waals surface area (Å²) in [7, 11) is 4.85. The molecule has 2 aliphatic rings. The number of hydrogen-bond donors (Lipinski definition) is 0. The van der Waals surface area contributed by atoms with Gasteiger partial charge >= 0.3 is 5.97 Å². The molecule has 0 bridgehead atoms. The predicted molar refractivity (Wildman–Crippen MR) is 139 cm³/mol. The van der Waals surface area contributed by atoms with Gasteiger partial charge in [0.1, 0.15) is 17.2 Å². The molecular weight excluding hydrogens is 474 g/mol. The first-order chi connectivity index (χ1) is 18.0. The standard InChI is InChI=1S/C28H35N3O6/c1-5-37-28(33)19-12-14-30(15-13-19)18-27(32)31-24(22-16-20(34-2)10-11-26(22)36-4)17-23(29-31)21-8-6-7-9-25(21)35-3/h6-11,16,19,24H,5,12-15,17-18H2,1-4H3/t24-/m0/s1. The maximum absolute atomic E-state index is 13.7. The Labute approximate surface area is 217 Å². The largest absolute Gasteiger partial charge is 0.497 e. The second-order valence-corrected chi connectivity index (χ2v) is 9.12. The average molecular weight is 510 g/mol. The summed E-state index contributed by atoms with van der Waals surface area (Å²) in [5, 5.41) is 6.38. The van der Waals surface area contributed by atoms with Crippen LogP contribution in [0, 0.1) is 5.92 Å². The molecule has 4 rings (SSSR count). The molecule has 0 saturated carbocycles. The molecule has 0 unspecified atom stereocenters. The molecule has 0 aliphatic carbocycles. The fourth-order valence-corrected chi connectivity index (χ4v) is 4.98. The summed E-state index contributed by atoms with van der Waals surface area (Å²) in [4.78, 5) is 27.9. The predicted octanol–water partition coefficient (Wildman–Crippen LogP) is 3.67. The highest BCUT2D eigenvalue weighted by Gasteiger charge is 2.37. The molecule has 1 saturated heterocycles. The van der Waals surface area contributed by atoms with Crippen LogP contribution in [0.25, 0.3) is 0 Å². The van der Waals surface area contributed by atoms with E-state index in [0.717, 1.165) is 16.8 Å². The first-order valence-corrected chi connectivity index (χ1v) is 12.6. The average Bonchev–Trinajstić information content (AvgIpc) is 3.38. The molecule has 0 aromatic heterocycles. The van der Waals surface area contributed by atoms with Crippen LogP contribution in [0.2, 0.25) is 0 Å². The number of para-hydroxylation sites is 1. The van der Waals surface area contributed by atoms with Gasteiger partial charge in [-0.25, -0.2) is 5.01 Å². The van der Waals surface area contributed by atoms with Gasteiger partial charge in [-0.1, -0.05) is 12.1 Å². The number of likely N-dealkylation sites (tertiary alicyclic amines) is 1. The van der Waals surface area contributed by atoms with Crippen LogP contribution in [-0.4, -0.2) is 75.1 Å².